The van der Waals surface area contributed by atoms with Gasteiger partial charge in [-0.15, -0.1) is 0 Å². The number of amides is 1. The molecular formula is C13H22N2OS. The van der Waals surface area contributed by atoms with Gasteiger partial charge in [-0.1, -0.05) is 25.6 Å². The highest BCUT2D eigenvalue weighted by atomic mass is 32.1. The number of thiocarbonyl (C=S) groups is 1. The van der Waals surface area contributed by atoms with Gasteiger partial charge in [0.2, 0.25) is 5.91 Å². The average Bonchev–Trinajstić information content (AvgIpc) is 2.19. The van der Waals surface area contributed by atoms with Crippen LogP contribution < -0.4 is 5.73 Å². The molecule has 0 aromatic carbocycles. The van der Waals surface area contributed by atoms with E-state index in [4.69, 9.17) is 18.0 Å². The Morgan fingerprint density at radius 2 is 2.00 bits per heavy atom. The summed E-state index contributed by atoms with van der Waals surface area (Å²) in [7, 11) is 0. The molecule has 2 unspecified atom stereocenters. The van der Waals surface area contributed by atoms with E-state index in [1.807, 2.05) is 4.90 Å². The third-order valence-electron chi connectivity index (χ3n) is 4.72. The van der Waals surface area contributed by atoms with E-state index in [0.717, 1.165) is 32.2 Å². The highest BCUT2D eigenvalue weighted by Gasteiger charge is 2.50. The third kappa shape index (κ3) is 1.96. The van der Waals surface area contributed by atoms with Gasteiger partial charge in [0.25, 0.3) is 0 Å². The van der Waals surface area contributed by atoms with E-state index >= 15 is 0 Å². The van der Waals surface area contributed by atoms with Gasteiger partial charge in [0, 0.05) is 12.6 Å². The molecule has 2 N–H and O–H groups in total. The lowest BCUT2D eigenvalue weighted by molar-refractivity contribution is -0.146. The van der Waals surface area contributed by atoms with Crippen LogP contribution >= 0.6 is 12.2 Å². The Hall–Kier alpha value is -0.640. The second-order valence-electron chi connectivity index (χ2n) is 5.66. The summed E-state index contributed by atoms with van der Waals surface area (Å²) in [4.78, 5) is 15.1. The SMILES string of the molecule is CC1CCCN(C(=O)C2(C(N)=S)CCC2)C1C. The molecule has 0 bridgehead atoms. The number of piperidine rings is 1. The maximum Gasteiger partial charge on any atom is 0.235 e. The van der Waals surface area contributed by atoms with Gasteiger partial charge in [0.05, 0.1) is 10.4 Å². The quantitative estimate of drug-likeness (QED) is 0.768. The van der Waals surface area contributed by atoms with E-state index in [2.05, 4.69) is 13.8 Å². The highest BCUT2D eigenvalue weighted by Crippen LogP contribution is 2.44. The molecule has 3 nitrogen and oxygen atoms in total. The van der Waals surface area contributed by atoms with Gasteiger partial charge in [-0.05, 0) is 38.5 Å². The standard InChI is InChI=1S/C13H22N2OS/c1-9-5-3-8-15(10(9)2)12(16)13(11(14)17)6-4-7-13/h9-10H,3-8H2,1-2H3,(H2,14,17). The van der Waals surface area contributed by atoms with Crippen LogP contribution in [0.1, 0.15) is 46.0 Å². The Balaban J connectivity index is 2.16. The maximum atomic E-state index is 12.7. The molecule has 1 amide bonds. The molecule has 0 aromatic rings. The topological polar surface area (TPSA) is 46.3 Å². The van der Waals surface area contributed by atoms with Crippen molar-refractivity contribution >= 4 is 23.1 Å². The monoisotopic (exact) mass is 254 g/mol. The van der Waals surface area contributed by atoms with Crippen molar-refractivity contribution in [1.29, 1.82) is 0 Å². The smallest absolute Gasteiger partial charge is 0.235 e. The molecule has 0 radical (unpaired) electrons. The molecule has 2 atom stereocenters. The molecule has 0 spiro atoms. The zero-order chi connectivity index (χ0) is 12.6. The minimum absolute atomic E-state index is 0.190. The van der Waals surface area contributed by atoms with E-state index in [1.165, 1.54) is 6.42 Å². The molecule has 1 aliphatic carbocycles. The van der Waals surface area contributed by atoms with Crippen LogP contribution in [0.4, 0.5) is 0 Å². The summed E-state index contributed by atoms with van der Waals surface area (Å²) in [6.45, 7) is 5.24. The molecule has 2 rings (SSSR count). The lowest BCUT2D eigenvalue weighted by atomic mass is 9.67. The number of likely N-dealkylation sites (tertiary alicyclic amines) is 1. The zero-order valence-electron chi connectivity index (χ0n) is 10.7. The van der Waals surface area contributed by atoms with Crippen molar-refractivity contribution in [2.45, 2.75) is 52.0 Å². The minimum atomic E-state index is -0.499. The molecule has 17 heavy (non-hydrogen) atoms. The second kappa shape index (κ2) is 4.56. The fourth-order valence-electron chi connectivity index (χ4n) is 2.99. The molecule has 2 aliphatic rings. The van der Waals surface area contributed by atoms with Crippen molar-refractivity contribution in [3.8, 4) is 0 Å². The fraction of sp³-hybridized carbons (Fsp3) is 0.846. The van der Waals surface area contributed by atoms with Crippen LogP contribution in [0.3, 0.4) is 0 Å². The number of rotatable bonds is 2. The third-order valence-corrected chi connectivity index (χ3v) is 5.11. The number of carbonyl (C=O) groups is 1. The van der Waals surface area contributed by atoms with E-state index in [-0.39, 0.29) is 5.91 Å². The van der Waals surface area contributed by atoms with Crippen molar-refractivity contribution in [3.63, 3.8) is 0 Å². The summed E-state index contributed by atoms with van der Waals surface area (Å²) < 4.78 is 0. The number of nitrogens with zero attached hydrogens (tertiary/aromatic N) is 1. The van der Waals surface area contributed by atoms with E-state index < -0.39 is 5.41 Å². The maximum absolute atomic E-state index is 12.7. The van der Waals surface area contributed by atoms with Crippen molar-refractivity contribution in [3.05, 3.63) is 0 Å². The van der Waals surface area contributed by atoms with Crippen LogP contribution in [0.5, 0.6) is 0 Å². The average molecular weight is 254 g/mol. The number of hydrogen-bond donors (Lipinski definition) is 1. The summed E-state index contributed by atoms with van der Waals surface area (Å²) in [6.07, 6.45) is 5.08. The predicted molar refractivity (Wildman–Crippen MR) is 72.6 cm³/mol. The van der Waals surface area contributed by atoms with Crippen LogP contribution in [0.15, 0.2) is 0 Å². The fourth-order valence-corrected chi connectivity index (χ4v) is 3.28. The van der Waals surface area contributed by atoms with E-state index in [9.17, 15) is 4.79 Å². The van der Waals surface area contributed by atoms with Gasteiger partial charge in [0.15, 0.2) is 0 Å². The van der Waals surface area contributed by atoms with Crippen LogP contribution in [0, 0.1) is 11.3 Å². The van der Waals surface area contributed by atoms with Crippen molar-refractivity contribution in [1.82, 2.24) is 4.90 Å². The van der Waals surface area contributed by atoms with Gasteiger partial charge < -0.3 is 10.6 Å². The summed E-state index contributed by atoms with van der Waals surface area (Å²) in [5, 5.41) is 0. The van der Waals surface area contributed by atoms with E-state index in [0.29, 0.717) is 16.9 Å². The van der Waals surface area contributed by atoms with Gasteiger partial charge >= 0.3 is 0 Å². The summed E-state index contributed by atoms with van der Waals surface area (Å²) in [5.74, 6) is 0.770. The molecule has 0 aromatic heterocycles. The summed E-state index contributed by atoms with van der Waals surface area (Å²) >= 11 is 5.12. The summed E-state index contributed by atoms with van der Waals surface area (Å²) in [5.41, 5.74) is 5.30. The lowest BCUT2D eigenvalue weighted by Crippen LogP contribution is -2.58. The molecule has 1 heterocycles. The van der Waals surface area contributed by atoms with E-state index in [1.54, 1.807) is 0 Å². The van der Waals surface area contributed by atoms with Gasteiger partial charge in [-0.2, -0.15) is 0 Å². The molecule has 1 saturated heterocycles. The Kier molecular flexibility index (Phi) is 3.43. The lowest BCUT2D eigenvalue weighted by Gasteiger charge is -2.47. The Bertz CT molecular complexity index is 338. The van der Waals surface area contributed by atoms with Gasteiger partial charge in [-0.3, -0.25) is 4.79 Å². The van der Waals surface area contributed by atoms with Gasteiger partial charge in [-0.25, -0.2) is 0 Å². The van der Waals surface area contributed by atoms with Crippen LogP contribution in [-0.2, 0) is 4.79 Å². The molecule has 2 fully saturated rings. The Morgan fingerprint density at radius 3 is 2.47 bits per heavy atom. The predicted octanol–water partition coefficient (Wildman–Crippen LogP) is 2.09. The van der Waals surface area contributed by atoms with Crippen LogP contribution in [0.2, 0.25) is 0 Å². The van der Waals surface area contributed by atoms with Gasteiger partial charge in [0.1, 0.15) is 0 Å². The molecular weight excluding hydrogens is 232 g/mol. The van der Waals surface area contributed by atoms with Crippen molar-refractivity contribution in [2.24, 2.45) is 17.1 Å². The summed E-state index contributed by atoms with van der Waals surface area (Å²) in [6, 6.07) is 0.322. The van der Waals surface area contributed by atoms with Crippen molar-refractivity contribution < 1.29 is 4.79 Å². The zero-order valence-corrected chi connectivity index (χ0v) is 11.6. The normalized spacial score (nSPS) is 31.8. The van der Waals surface area contributed by atoms with Crippen molar-refractivity contribution in [2.75, 3.05) is 6.54 Å². The first-order chi connectivity index (χ1) is 7.99. The minimum Gasteiger partial charge on any atom is -0.392 e. The first kappa shape index (κ1) is 12.8. The molecule has 1 aliphatic heterocycles. The number of nitrogens with two attached hydrogens (primary N) is 1. The first-order valence-corrected chi connectivity index (χ1v) is 7.01. The highest BCUT2D eigenvalue weighted by molar-refractivity contribution is 7.80. The Morgan fingerprint density at radius 1 is 1.35 bits per heavy atom. The largest absolute Gasteiger partial charge is 0.392 e. The second-order valence-corrected chi connectivity index (χ2v) is 6.10. The Labute approximate surface area is 109 Å². The molecule has 4 heteroatoms. The number of hydrogen-bond acceptors (Lipinski definition) is 2. The first-order valence-electron chi connectivity index (χ1n) is 6.60. The molecule has 96 valence electrons. The molecule has 1 saturated carbocycles. The van der Waals surface area contributed by atoms with Crippen LogP contribution in [-0.4, -0.2) is 28.4 Å². The van der Waals surface area contributed by atoms with Crippen LogP contribution in [0.25, 0.3) is 0 Å². The number of carbonyl (C=O) groups excluding carboxylic acids is 1.